The Morgan fingerprint density at radius 3 is 2.79 bits per heavy atom. The summed E-state index contributed by atoms with van der Waals surface area (Å²) in [7, 11) is 3.89. The van der Waals surface area contributed by atoms with Gasteiger partial charge in [-0.05, 0) is 30.7 Å². The molecule has 0 radical (unpaired) electrons. The van der Waals surface area contributed by atoms with E-state index in [2.05, 4.69) is 38.9 Å². The fourth-order valence-electron chi connectivity index (χ4n) is 5.36. The lowest BCUT2D eigenvalue weighted by molar-refractivity contribution is 0.0762. The molecule has 3 aliphatic heterocycles. The number of rotatable bonds is 3. The number of fused-ring (bicyclic) bond motifs is 2. The number of hydrogen-bond donors (Lipinski definition) is 1. The van der Waals surface area contributed by atoms with E-state index in [0.29, 0.717) is 23.6 Å². The first-order chi connectivity index (χ1) is 14.1. The maximum atomic E-state index is 13.2. The van der Waals surface area contributed by atoms with Crippen molar-refractivity contribution in [2.45, 2.75) is 19.0 Å². The maximum absolute atomic E-state index is 13.2. The number of benzene rings is 1. The van der Waals surface area contributed by atoms with Gasteiger partial charge in [-0.2, -0.15) is 0 Å². The second-order valence-corrected chi connectivity index (χ2v) is 8.53. The molecule has 7 nitrogen and oxygen atoms in total. The quantitative estimate of drug-likeness (QED) is 0.852. The van der Waals surface area contributed by atoms with Crippen LogP contribution in [0.3, 0.4) is 0 Å². The van der Waals surface area contributed by atoms with Crippen molar-refractivity contribution in [2.24, 2.45) is 11.8 Å². The molecule has 1 aromatic carbocycles. The normalized spacial score (nSPS) is 26.8. The first kappa shape index (κ1) is 18.6. The molecule has 2 fully saturated rings. The van der Waals surface area contributed by atoms with Crippen LogP contribution in [0.2, 0.25) is 0 Å². The summed E-state index contributed by atoms with van der Waals surface area (Å²) in [6, 6.07) is 8.72. The Morgan fingerprint density at radius 1 is 1.17 bits per heavy atom. The number of nitrogens with one attached hydrogen (secondary N) is 1. The van der Waals surface area contributed by atoms with Crippen molar-refractivity contribution in [3.63, 3.8) is 0 Å². The lowest BCUT2D eigenvalue weighted by Gasteiger charge is -2.26. The highest BCUT2D eigenvalue weighted by Crippen LogP contribution is 2.44. The van der Waals surface area contributed by atoms with E-state index in [1.54, 1.807) is 7.11 Å². The number of likely N-dealkylation sites (tertiary alicyclic amines) is 2. The molecule has 2 aromatic rings. The van der Waals surface area contributed by atoms with Crippen molar-refractivity contribution in [3.8, 4) is 5.75 Å². The van der Waals surface area contributed by atoms with Gasteiger partial charge in [-0.25, -0.2) is 4.98 Å². The van der Waals surface area contributed by atoms with Crippen LogP contribution in [0.1, 0.15) is 27.9 Å². The third-order valence-electron chi connectivity index (χ3n) is 6.77. The van der Waals surface area contributed by atoms with Crippen LogP contribution >= 0.6 is 0 Å². The van der Waals surface area contributed by atoms with Crippen LogP contribution in [-0.4, -0.2) is 72.1 Å². The maximum Gasteiger partial charge on any atom is 0.274 e. The highest BCUT2D eigenvalue weighted by atomic mass is 16.5. The molecule has 29 heavy (non-hydrogen) atoms. The highest BCUT2D eigenvalue weighted by molar-refractivity contribution is 5.92. The van der Waals surface area contributed by atoms with Crippen LogP contribution < -0.4 is 10.1 Å². The van der Waals surface area contributed by atoms with Gasteiger partial charge in [0.05, 0.1) is 7.11 Å². The Labute approximate surface area is 171 Å². The molecule has 0 unspecified atom stereocenters. The minimum absolute atomic E-state index is 0.0871. The molecule has 3 atom stereocenters. The van der Waals surface area contributed by atoms with Gasteiger partial charge >= 0.3 is 0 Å². The zero-order valence-electron chi connectivity index (χ0n) is 17.2. The minimum atomic E-state index is 0.0871. The fourth-order valence-corrected chi connectivity index (χ4v) is 5.36. The van der Waals surface area contributed by atoms with Gasteiger partial charge in [0.2, 0.25) is 0 Å². The van der Waals surface area contributed by atoms with Crippen LogP contribution in [0.25, 0.3) is 0 Å². The van der Waals surface area contributed by atoms with E-state index in [1.807, 2.05) is 23.2 Å². The lowest BCUT2D eigenvalue weighted by Crippen LogP contribution is -2.33. The predicted octanol–water partition coefficient (Wildman–Crippen LogP) is 1.41. The second kappa shape index (κ2) is 7.46. The molecule has 5 rings (SSSR count). The van der Waals surface area contributed by atoms with Gasteiger partial charge in [0, 0.05) is 63.8 Å². The number of ether oxygens (including phenoxy) is 1. The van der Waals surface area contributed by atoms with Crippen LogP contribution in [0.15, 0.2) is 30.5 Å². The third-order valence-corrected chi connectivity index (χ3v) is 6.77. The number of carbonyl (C=O) groups excluding carboxylic acids is 1. The Kier molecular flexibility index (Phi) is 4.80. The van der Waals surface area contributed by atoms with E-state index in [1.165, 1.54) is 5.56 Å². The monoisotopic (exact) mass is 395 g/mol. The molecule has 1 amide bonds. The molecular weight excluding hydrogens is 366 g/mol. The van der Waals surface area contributed by atoms with E-state index in [4.69, 9.17) is 4.74 Å². The molecule has 1 N–H and O–H groups in total. The van der Waals surface area contributed by atoms with Gasteiger partial charge in [-0.3, -0.25) is 9.69 Å². The Morgan fingerprint density at radius 2 is 2.00 bits per heavy atom. The van der Waals surface area contributed by atoms with E-state index in [-0.39, 0.29) is 5.91 Å². The summed E-state index contributed by atoms with van der Waals surface area (Å²) in [4.78, 5) is 22.3. The summed E-state index contributed by atoms with van der Waals surface area (Å²) in [6.45, 7) is 5.38. The predicted molar refractivity (Wildman–Crippen MR) is 110 cm³/mol. The molecule has 0 bridgehead atoms. The molecule has 3 aliphatic rings. The zero-order chi connectivity index (χ0) is 20.0. The summed E-state index contributed by atoms with van der Waals surface area (Å²) < 4.78 is 7.44. The molecular formula is C22H29N5O2. The van der Waals surface area contributed by atoms with E-state index in [9.17, 15) is 4.79 Å². The van der Waals surface area contributed by atoms with Crippen molar-refractivity contribution >= 4 is 5.91 Å². The number of imidazole rings is 1. The molecule has 2 saturated heterocycles. The van der Waals surface area contributed by atoms with Gasteiger partial charge in [0.1, 0.15) is 17.3 Å². The Balaban J connectivity index is 1.33. The molecule has 7 heteroatoms. The number of hydrogen-bond acceptors (Lipinski definition) is 5. The molecule has 4 heterocycles. The van der Waals surface area contributed by atoms with Gasteiger partial charge < -0.3 is 19.5 Å². The summed E-state index contributed by atoms with van der Waals surface area (Å²) in [6.07, 6.45) is 2.83. The van der Waals surface area contributed by atoms with E-state index < -0.39 is 0 Å². The van der Waals surface area contributed by atoms with E-state index in [0.717, 1.165) is 57.3 Å². The average molecular weight is 396 g/mol. The highest BCUT2D eigenvalue weighted by Gasteiger charge is 2.47. The number of carbonyl (C=O) groups is 1. The van der Waals surface area contributed by atoms with Gasteiger partial charge in [0.15, 0.2) is 0 Å². The van der Waals surface area contributed by atoms with Gasteiger partial charge in [-0.15, -0.1) is 0 Å². The van der Waals surface area contributed by atoms with Gasteiger partial charge in [-0.1, -0.05) is 12.1 Å². The molecule has 1 aromatic heterocycles. The topological polar surface area (TPSA) is 62.6 Å². The summed E-state index contributed by atoms with van der Waals surface area (Å²) in [5.41, 5.74) is 1.91. The summed E-state index contributed by atoms with van der Waals surface area (Å²) >= 11 is 0. The van der Waals surface area contributed by atoms with Crippen LogP contribution in [0.5, 0.6) is 5.75 Å². The van der Waals surface area contributed by atoms with Crippen molar-refractivity contribution in [1.29, 1.82) is 0 Å². The second-order valence-electron chi connectivity index (χ2n) is 8.53. The Bertz CT molecular complexity index is 870. The first-order valence-corrected chi connectivity index (χ1v) is 10.5. The number of methoxy groups -OCH3 is 1. The standard InChI is InChI=1S/C22H29N5O2/c1-25-11-16-12-27(13-18(16)21(25)15-3-5-17(29-2)6-4-15)22(28)19-14-26-10-9-23-8-7-20(26)24-19/h3-6,14,16,18,21,23H,7-13H2,1-2H3/t16-,18+,21-/m0/s1. The van der Waals surface area contributed by atoms with Crippen LogP contribution in [0, 0.1) is 11.8 Å². The van der Waals surface area contributed by atoms with Crippen LogP contribution in [-0.2, 0) is 13.0 Å². The average Bonchev–Trinajstić information content (AvgIpc) is 3.35. The van der Waals surface area contributed by atoms with Crippen molar-refractivity contribution in [1.82, 2.24) is 24.7 Å². The molecule has 154 valence electrons. The first-order valence-electron chi connectivity index (χ1n) is 10.5. The summed E-state index contributed by atoms with van der Waals surface area (Å²) in [5.74, 6) is 2.96. The third kappa shape index (κ3) is 3.32. The zero-order valence-corrected chi connectivity index (χ0v) is 17.2. The molecule has 0 aliphatic carbocycles. The van der Waals surface area contributed by atoms with Crippen molar-refractivity contribution < 1.29 is 9.53 Å². The number of amides is 1. The van der Waals surface area contributed by atoms with Crippen molar-refractivity contribution in [2.75, 3.05) is 46.9 Å². The summed E-state index contributed by atoms with van der Waals surface area (Å²) in [5, 5.41) is 3.37. The lowest BCUT2D eigenvalue weighted by atomic mass is 9.89. The largest absolute Gasteiger partial charge is 0.497 e. The SMILES string of the molecule is COc1ccc([C@H]2[C@@H]3CN(C(=O)c4cn5c(n4)CCNCC5)C[C@@H]3CN2C)cc1. The minimum Gasteiger partial charge on any atom is -0.497 e. The number of aromatic nitrogens is 2. The van der Waals surface area contributed by atoms with Gasteiger partial charge in [0.25, 0.3) is 5.91 Å². The number of nitrogens with zero attached hydrogens (tertiary/aromatic N) is 4. The fraction of sp³-hybridized carbons (Fsp3) is 0.545. The van der Waals surface area contributed by atoms with Crippen LogP contribution in [0.4, 0.5) is 0 Å². The van der Waals surface area contributed by atoms with Crippen molar-refractivity contribution in [3.05, 3.63) is 47.5 Å². The van der Waals surface area contributed by atoms with E-state index >= 15 is 0 Å². The molecule has 0 saturated carbocycles. The molecule has 0 spiro atoms. The Hall–Kier alpha value is -2.38. The smallest absolute Gasteiger partial charge is 0.274 e.